The van der Waals surface area contributed by atoms with Crippen LogP contribution in [0, 0.1) is 0 Å². The number of carbonyl (C=O) groups excluding carboxylic acids is 1. The molecule has 6 nitrogen and oxygen atoms in total. The molecule has 17 heavy (non-hydrogen) atoms. The number of rotatable bonds is 5. The van der Waals surface area contributed by atoms with E-state index in [4.69, 9.17) is 5.11 Å². The van der Waals surface area contributed by atoms with E-state index in [9.17, 15) is 9.59 Å². The molecule has 92 valence electrons. The number of carboxylic acid groups (broad SMARTS) is 1. The maximum absolute atomic E-state index is 11.7. The minimum atomic E-state index is -1.08. The number of thiazole rings is 1. The molecule has 2 N–H and O–H groups in total. The van der Waals surface area contributed by atoms with E-state index in [0.29, 0.717) is 5.13 Å². The molecule has 1 heterocycles. The molecule has 1 aromatic rings. The van der Waals surface area contributed by atoms with Gasteiger partial charge in [-0.15, -0.1) is 6.58 Å². The highest BCUT2D eigenvalue weighted by molar-refractivity contribution is 9.11. The quantitative estimate of drug-likeness (QED) is 0.813. The van der Waals surface area contributed by atoms with Gasteiger partial charge in [-0.25, -0.2) is 9.78 Å². The predicted octanol–water partition coefficient (Wildman–Crippen LogP) is 2.01. The number of hydrogen-bond donors (Lipinski definition) is 2. The minimum Gasteiger partial charge on any atom is -0.480 e. The van der Waals surface area contributed by atoms with Crippen molar-refractivity contribution in [3.63, 3.8) is 0 Å². The molecule has 0 aliphatic carbocycles. The molecule has 0 aromatic carbocycles. The standard InChI is InChI=1S/C9H10BrN3O3S/c1-2-3-13(5-7(14)15)9(16)12-8-11-4-6(10)17-8/h2,4H,1,3,5H2,(H,14,15)(H,11,12,16). The average Bonchev–Trinajstić information content (AvgIpc) is 2.62. The molecule has 2 amide bonds. The number of amides is 2. The number of aromatic nitrogens is 1. The normalized spacial score (nSPS) is 9.71. The van der Waals surface area contributed by atoms with Crippen molar-refractivity contribution in [1.82, 2.24) is 9.88 Å². The Morgan fingerprint density at radius 2 is 2.41 bits per heavy atom. The molecular weight excluding hydrogens is 310 g/mol. The molecule has 0 atom stereocenters. The second-order valence-corrected chi connectivity index (χ2v) is 5.37. The lowest BCUT2D eigenvalue weighted by atomic mass is 10.5. The van der Waals surface area contributed by atoms with Crippen LogP contribution in [-0.2, 0) is 4.79 Å². The summed E-state index contributed by atoms with van der Waals surface area (Å²) in [5, 5.41) is 11.6. The number of hydrogen-bond acceptors (Lipinski definition) is 4. The van der Waals surface area contributed by atoms with Crippen LogP contribution in [0.15, 0.2) is 22.6 Å². The number of aliphatic carboxylic acids is 1. The fourth-order valence-corrected chi connectivity index (χ4v) is 2.12. The summed E-state index contributed by atoms with van der Waals surface area (Å²) in [4.78, 5) is 27.3. The van der Waals surface area contributed by atoms with Crippen LogP contribution in [0.25, 0.3) is 0 Å². The fourth-order valence-electron chi connectivity index (χ4n) is 1.02. The lowest BCUT2D eigenvalue weighted by molar-refractivity contribution is -0.137. The van der Waals surface area contributed by atoms with Crippen molar-refractivity contribution < 1.29 is 14.7 Å². The van der Waals surface area contributed by atoms with Crippen LogP contribution in [0.1, 0.15) is 0 Å². The van der Waals surface area contributed by atoms with Crippen molar-refractivity contribution in [2.75, 3.05) is 18.4 Å². The van der Waals surface area contributed by atoms with Gasteiger partial charge in [0, 0.05) is 6.54 Å². The van der Waals surface area contributed by atoms with Gasteiger partial charge in [0.2, 0.25) is 0 Å². The van der Waals surface area contributed by atoms with E-state index >= 15 is 0 Å². The Bertz CT molecular complexity index is 435. The second kappa shape index (κ2) is 6.36. The third-order valence-corrected chi connectivity index (χ3v) is 3.05. The third-order valence-electron chi connectivity index (χ3n) is 1.65. The van der Waals surface area contributed by atoms with E-state index in [2.05, 4.69) is 32.8 Å². The zero-order valence-corrected chi connectivity index (χ0v) is 11.1. The summed E-state index contributed by atoms with van der Waals surface area (Å²) in [5.74, 6) is -1.08. The molecule has 0 saturated heterocycles. The van der Waals surface area contributed by atoms with Crippen molar-refractivity contribution in [2.24, 2.45) is 0 Å². The molecule has 8 heteroatoms. The van der Waals surface area contributed by atoms with Crippen LogP contribution in [0.2, 0.25) is 0 Å². The molecule has 0 aliphatic rings. The smallest absolute Gasteiger partial charge is 0.324 e. The Morgan fingerprint density at radius 1 is 1.71 bits per heavy atom. The highest BCUT2D eigenvalue weighted by Crippen LogP contribution is 2.23. The van der Waals surface area contributed by atoms with Gasteiger partial charge in [-0.1, -0.05) is 17.4 Å². The summed E-state index contributed by atoms with van der Waals surface area (Å²) in [6.07, 6.45) is 3.01. The van der Waals surface area contributed by atoms with E-state index in [1.54, 1.807) is 6.20 Å². The van der Waals surface area contributed by atoms with Crippen LogP contribution in [0.4, 0.5) is 9.93 Å². The summed E-state index contributed by atoms with van der Waals surface area (Å²) in [6.45, 7) is 3.24. The van der Waals surface area contributed by atoms with Crippen molar-refractivity contribution in [3.05, 3.63) is 22.6 Å². The molecule has 0 bridgehead atoms. The van der Waals surface area contributed by atoms with Gasteiger partial charge >= 0.3 is 12.0 Å². The van der Waals surface area contributed by atoms with E-state index < -0.39 is 12.0 Å². The summed E-state index contributed by atoms with van der Waals surface area (Å²) in [6, 6.07) is -0.519. The van der Waals surface area contributed by atoms with Gasteiger partial charge in [-0.3, -0.25) is 10.1 Å². The predicted molar refractivity (Wildman–Crippen MR) is 68.2 cm³/mol. The molecule has 0 aliphatic heterocycles. The van der Waals surface area contributed by atoms with E-state index in [1.807, 2.05) is 0 Å². The summed E-state index contributed by atoms with van der Waals surface area (Å²) in [7, 11) is 0. The van der Waals surface area contributed by atoms with E-state index in [1.165, 1.54) is 17.4 Å². The Morgan fingerprint density at radius 3 is 2.88 bits per heavy atom. The first-order valence-corrected chi connectivity index (χ1v) is 6.14. The minimum absolute atomic E-state index is 0.157. The van der Waals surface area contributed by atoms with Gasteiger partial charge in [-0.05, 0) is 15.9 Å². The SMILES string of the molecule is C=CCN(CC(=O)O)C(=O)Nc1ncc(Br)s1. The van der Waals surface area contributed by atoms with Crippen LogP contribution in [-0.4, -0.2) is 40.1 Å². The Labute approximate surface area is 110 Å². The number of nitrogens with zero attached hydrogens (tertiary/aromatic N) is 2. The number of anilines is 1. The first kappa shape index (κ1) is 13.7. The van der Waals surface area contributed by atoms with Gasteiger partial charge < -0.3 is 10.0 Å². The highest BCUT2D eigenvalue weighted by Gasteiger charge is 2.16. The van der Waals surface area contributed by atoms with Crippen molar-refractivity contribution >= 4 is 44.4 Å². The zero-order chi connectivity index (χ0) is 12.8. The van der Waals surface area contributed by atoms with Crippen molar-refractivity contribution in [1.29, 1.82) is 0 Å². The molecule has 1 rings (SSSR count). The van der Waals surface area contributed by atoms with Crippen LogP contribution < -0.4 is 5.32 Å². The summed E-state index contributed by atoms with van der Waals surface area (Å²) < 4.78 is 0.779. The Kier molecular flexibility index (Phi) is 5.11. The first-order valence-electron chi connectivity index (χ1n) is 4.53. The summed E-state index contributed by atoms with van der Waals surface area (Å²) >= 11 is 4.46. The number of halogens is 1. The van der Waals surface area contributed by atoms with Crippen LogP contribution in [0.5, 0.6) is 0 Å². The topological polar surface area (TPSA) is 82.5 Å². The third kappa shape index (κ3) is 4.53. The largest absolute Gasteiger partial charge is 0.480 e. The van der Waals surface area contributed by atoms with Crippen molar-refractivity contribution in [2.45, 2.75) is 0 Å². The molecule has 0 unspecified atom stereocenters. The van der Waals surface area contributed by atoms with Crippen LogP contribution in [0.3, 0.4) is 0 Å². The van der Waals surface area contributed by atoms with Crippen LogP contribution >= 0.6 is 27.3 Å². The lowest BCUT2D eigenvalue weighted by Crippen LogP contribution is -2.38. The van der Waals surface area contributed by atoms with Gasteiger partial charge in [-0.2, -0.15) is 0 Å². The lowest BCUT2D eigenvalue weighted by Gasteiger charge is -2.18. The molecule has 0 radical (unpaired) electrons. The first-order chi connectivity index (χ1) is 8.02. The number of carboxylic acids is 1. The van der Waals surface area contributed by atoms with Gasteiger partial charge in [0.1, 0.15) is 6.54 Å². The molecular formula is C9H10BrN3O3S. The molecule has 0 spiro atoms. The number of urea groups is 1. The number of nitrogens with one attached hydrogen (secondary N) is 1. The maximum Gasteiger partial charge on any atom is 0.324 e. The van der Waals surface area contributed by atoms with E-state index in [0.717, 1.165) is 8.69 Å². The molecule has 0 fully saturated rings. The monoisotopic (exact) mass is 319 g/mol. The average molecular weight is 320 g/mol. The Hall–Kier alpha value is -1.41. The van der Waals surface area contributed by atoms with Crippen molar-refractivity contribution in [3.8, 4) is 0 Å². The summed E-state index contributed by atoms with van der Waals surface area (Å²) in [5.41, 5.74) is 0. The van der Waals surface area contributed by atoms with Gasteiger partial charge in [0.25, 0.3) is 0 Å². The Balaban J connectivity index is 2.64. The van der Waals surface area contributed by atoms with Gasteiger partial charge in [0.15, 0.2) is 5.13 Å². The molecule has 0 saturated carbocycles. The number of carbonyl (C=O) groups is 2. The van der Waals surface area contributed by atoms with E-state index in [-0.39, 0.29) is 13.1 Å². The molecule has 1 aromatic heterocycles. The van der Waals surface area contributed by atoms with Gasteiger partial charge in [0.05, 0.1) is 9.98 Å². The maximum atomic E-state index is 11.7. The zero-order valence-electron chi connectivity index (χ0n) is 8.72. The second-order valence-electron chi connectivity index (χ2n) is 2.96. The highest BCUT2D eigenvalue weighted by atomic mass is 79.9. The fraction of sp³-hybridized carbons (Fsp3) is 0.222.